The Labute approximate surface area is 116 Å². The van der Waals surface area contributed by atoms with E-state index >= 15 is 0 Å². The van der Waals surface area contributed by atoms with Gasteiger partial charge in [-0.2, -0.15) is 5.26 Å². The number of hydrogen-bond acceptors (Lipinski definition) is 4. The van der Waals surface area contributed by atoms with E-state index < -0.39 is 0 Å². The summed E-state index contributed by atoms with van der Waals surface area (Å²) in [5, 5.41) is 13.8. The molecule has 0 aliphatic carbocycles. The van der Waals surface area contributed by atoms with Gasteiger partial charge in [0.1, 0.15) is 11.6 Å². The first kappa shape index (κ1) is 13.8. The van der Waals surface area contributed by atoms with E-state index in [1.807, 2.05) is 24.4 Å². The van der Waals surface area contributed by atoms with Crippen LogP contribution in [0.2, 0.25) is 0 Å². The van der Waals surface area contributed by atoms with Crippen LogP contribution in [-0.2, 0) is 9.53 Å². The first-order chi connectivity index (χ1) is 9.20. The molecule has 19 heavy (non-hydrogen) atoms. The molecule has 1 aromatic heterocycles. The lowest BCUT2D eigenvalue weighted by atomic mass is 10.2. The first-order valence-corrected chi connectivity index (χ1v) is 7.14. The fraction of sp³-hybridized carbons (Fsp3) is 0.429. The predicted molar refractivity (Wildman–Crippen MR) is 74.6 cm³/mol. The Bertz CT molecular complexity index is 522. The van der Waals surface area contributed by atoms with Crippen molar-refractivity contribution in [1.29, 1.82) is 5.26 Å². The van der Waals surface area contributed by atoms with Crippen molar-refractivity contribution < 1.29 is 9.53 Å². The molecule has 1 amide bonds. The molecule has 2 rings (SSSR count). The number of amides is 1. The van der Waals surface area contributed by atoms with Gasteiger partial charge in [-0.05, 0) is 42.9 Å². The Morgan fingerprint density at radius 1 is 1.74 bits per heavy atom. The molecule has 0 radical (unpaired) electrons. The Hall–Kier alpha value is -1.64. The van der Waals surface area contributed by atoms with E-state index in [-0.39, 0.29) is 17.6 Å². The molecule has 4 nitrogen and oxygen atoms in total. The molecule has 1 N–H and O–H groups in total. The summed E-state index contributed by atoms with van der Waals surface area (Å²) in [6, 6.07) is 3.93. The quantitative estimate of drug-likeness (QED) is 0.677. The van der Waals surface area contributed by atoms with Gasteiger partial charge in [0.05, 0.1) is 6.10 Å². The van der Waals surface area contributed by atoms with E-state index in [4.69, 9.17) is 10.00 Å². The summed E-state index contributed by atoms with van der Waals surface area (Å²) in [4.78, 5) is 12.9. The highest BCUT2D eigenvalue weighted by Crippen LogP contribution is 2.19. The maximum Gasteiger partial charge on any atom is 0.262 e. The highest BCUT2D eigenvalue weighted by atomic mass is 32.1. The van der Waals surface area contributed by atoms with Gasteiger partial charge in [0.25, 0.3) is 5.91 Å². The first-order valence-electron chi connectivity index (χ1n) is 6.26. The van der Waals surface area contributed by atoms with Crippen molar-refractivity contribution in [1.82, 2.24) is 5.32 Å². The fourth-order valence-electron chi connectivity index (χ4n) is 1.92. The summed E-state index contributed by atoms with van der Waals surface area (Å²) in [5.41, 5.74) is 1.22. The van der Waals surface area contributed by atoms with Crippen LogP contribution in [0.1, 0.15) is 23.3 Å². The average Bonchev–Trinajstić information content (AvgIpc) is 3.05. The molecule has 0 aromatic carbocycles. The third-order valence-electron chi connectivity index (χ3n) is 3.06. The molecule has 1 aliphatic rings. The number of nitrogens with one attached hydrogen (secondary N) is 1. The summed E-state index contributed by atoms with van der Waals surface area (Å²) < 4.78 is 5.43. The van der Waals surface area contributed by atoms with Crippen LogP contribution < -0.4 is 5.32 Å². The lowest BCUT2D eigenvalue weighted by Gasteiger charge is -2.10. The molecular weight excluding hydrogens is 260 g/mol. The molecular formula is C14H16N2O2S. The number of thiophene rings is 1. The van der Waals surface area contributed by atoms with E-state index in [1.165, 1.54) is 11.3 Å². The van der Waals surface area contributed by atoms with E-state index in [2.05, 4.69) is 5.32 Å². The van der Waals surface area contributed by atoms with Gasteiger partial charge in [-0.3, -0.25) is 4.79 Å². The Balaban J connectivity index is 1.97. The Morgan fingerprint density at radius 3 is 3.16 bits per heavy atom. The van der Waals surface area contributed by atoms with Crippen molar-refractivity contribution in [2.75, 3.05) is 13.2 Å². The van der Waals surface area contributed by atoms with E-state index in [0.717, 1.165) is 29.9 Å². The van der Waals surface area contributed by atoms with E-state index in [9.17, 15) is 4.79 Å². The molecule has 1 atom stereocenters. The number of ether oxygens (including phenoxy) is 1. The van der Waals surface area contributed by atoms with Gasteiger partial charge in [0, 0.05) is 18.0 Å². The van der Waals surface area contributed by atoms with Crippen LogP contribution >= 0.6 is 11.3 Å². The van der Waals surface area contributed by atoms with Gasteiger partial charge in [-0.25, -0.2) is 0 Å². The minimum absolute atomic E-state index is 0.0902. The standard InChI is InChI=1S/C14H16N2O2S/c1-10-4-6-19-13(10)7-11(8-15)14(17)16-9-12-3-2-5-18-12/h4,6-7,12H,2-3,5,9H2,1H3,(H,16,17)/b11-7-/t12-/m1/s1. The smallest absolute Gasteiger partial charge is 0.262 e. The van der Waals surface area contributed by atoms with Crippen LogP contribution in [0.3, 0.4) is 0 Å². The van der Waals surface area contributed by atoms with Crippen LogP contribution in [0.15, 0.2) is 17.0 Å². The molecule has 1 saturated heterocycles. The number of hydrogen-bond donors (Lipinski definition) is 1. The van der Waals surface area contributed by atoms with Gasteiger partial charge >= 0.3 is 0 Å². The van der Waals surface area contributed by atoms with E-state index in [0.29, 0.717) is 6.54 Å². The molecule has 0 unspecified atom stereocenters. The zero-order valence-electron chi connectivity index (χ0n) is 10.8. The minimum atomic E-state index is -0.328. The average molecular weight is 276 g/mol. The van der Waals surface area contributed by atoms with Gasteiger partial charge < -0.3 is 10.1 Å². The monoisotopic (exact) mass is 276 g/mol. The summed E-state index contributed by atoms with van der Waals surface area (Å²) in [5.74, 6) is -0.328. The lowest BCUT2D eigenvalue weighted by Crippen LogP contribution is -2.32. The van der Waals surface area contributed by atoms with Crippen molar-refractivity contribution in [3.63, 3.8) is 0 Å². The van der Waals surface area contributed by atoms with Crippen LogP contribution in [-0.4, -0.2) is 25.2 Å². The van der Waals surface area contributed by atoms with Crippen molar-refractivity contribution in [3.8, 4) is 6.07 Å². The van der Waals surface area contributed by atoms with Gasteiger partial charge in [0.2, 0.25) is 0 Å². The maximum atomic E-state index is 11.9. The van der Waals surface area contributed by atoms with Crippen molar-refractivity contribution in [3.05, 3.63) is 27.5 Å². The van der Waals surface area contributed by atoms with Crippen molar-refractivity contribution in [2.45, 2.75) is 25.9 Å². The highest BCUT2D eigenvalue weighted by molar-refractivity contribution is 7.11. The largest absolute Gasteiger partial charge is 0.376 e. The third kappa shape index (κ3) is 3.66. The SMILES string of the molecule is Cc1ccsc1/C=C(/C#N)C(=O)NC[C@H]1CCCO1. The number of nitriles is 1. The molecule has 0 saturated carbocycles. The zero-order chi connectivity index (χ0) is 13.7. The van der Waals surface area contributed by atoms with Crippen LogP contribution in [0.25, 0.3) is 6.08 Å². The number of aryl methyl sites for hydroxylation is 1. The van der Waals surface area contributed by atoms with Crippen LogP contribution in [0, 0.1) is 18.3 Å². The minimum Gasteiger partial charge on any atom is -0.376 e. The molecule has 2 heterocycles. The number of carbonyl (C=O) groups is 1. The highest BCUT2D eigenvalue weighted by Gasteiger charge is 2.17. The molecule has 100 valence electrons. The summed E-state index contributed by atoms with van der Waals surface area (Å²) in [6.07, 6.45) is 3.74. The Morgan fingerprint density at radius 2 is 2.58 bits per heavy atom. The van der Waals surface area contributed by atoms with E-state index in [1.54, 1.807) is 6.08 Å². The third-order valence-corrected chi connectivity index (χ3v) is 4.02. The normalized spacial score (nSPS) is 19.2. The van der Waals surface area contributed by atoms with Crippen molar-refractivity contribution >= 4 is 23.3 Å². The molecule has 1 fully saturated rings. The van der Waals surface area contributed by atoms with Gasteiger partial charge in [-0.1, -0.05) is 0 Å². The summed E-state index contributed by atoms with van der Waals surface area (Å²) >= 11 is 1.52. The van der Waals surface area contributed by atoms with Crippen molar-refractivity contribution in [2.24, 2.45) is 0 Å². The molecule has 1 aliphatic heterocycles. The second-order valence-corrected chi connectivity index (χ2v) is 5.43. The van der Waals surface area contributed by atoms with Gasteiger partial charge in [-0.15, -0.1) is 11.3 Å². The number of nitrogens with zero attached hydrogens (tertiary/aromatic N) is 1. The second kappa shape index (κ2) is 6.50. The lowest BCUT2D eigenvalue weighted by molar-refractivity contribution is -0.117. The van der Waals surface area contributed by atoms with Gasteiger partial charge in [0.15, 0.2) is 0 Å². The summed E-state index contributed by atoms with van der Waals surface area (Å²) in [7, 11) is 0. The maximum absolute atomic E-state index is 11.9. The molecule has 5 heteroatoms. The topological polar surface area (TPSA) is 62.1 Å². The fourth-order valence-corrected chi connectivity index (χ4v) is 2.78. The number of rotatable bonds is 4. The molecule has 0 spiro atoms. The molecule has 1 aromatic rings. The van der Waals surface area contributed by atoms with Crippen LogP contribution in [0.5, 0.6) is 0 Å². The molecule has 0 bridgehead atoms. The second-order valence-electron chi connectivity index (χ2n) is 4.48. The van der Waals surface area contributed by atoms with Crippen LogP contribution in [0.4, 0.5) is 0 Å². The Kier molecular flexibility index (Phi) is 4.72. The number of carbonyl (C=O) groups excluding carboxylic acids is 1. The zero-order valence-corrected chi connectivity index (χ0v) is 11.6. The summed E-state index contributed by atoms with van der Waals surface area (Å²) in [6.45, 7) is 3.19. The predicted octanol–water partition coefficient (Wildman–Crippen LogP) is 2.26.